The minimum absolute atomic E-state index is 0.120. The van der Waals surface area contributed by atoms with Crippen LogP contribution in [0.3, 0.4) is 0 Å². The van der Waals surface area contributed by atoms with E-state index in [0.29, 0.717) is 11.3 Å². The summed E-state index contributed by atoms with van der Waals surface area (Å²) in [6, 6.07) is 67.0. The number of nitriles is 1. The first-order valence-corrected chi connectivity index (χ1v) is 18.5. The van der Waals surface area contributed by atoms with Gasteiger partial charge in [0.05, 0.1) is 28.7 Å². The molecule has 10 aromatic rings. The van der Waals surface area contributed by atoms with Gasteiger partial charge in [-0.2, -0.15) is 5.26 Å². The van der Waals surface area contributed by atoms with Crippen LogP contribution in [0.15, 0.2) is 188 Å². The molecule has 0 saturated carbocycles. The van der Waals surface area contributed by atoms with E-state index in [0.717, 1.165) is 27.9 Å². The summed E-state index contributed by atoms with van der Waals surface area (Å²) in [5.74, 6) is 0. The van der Waals surface area contributed by atoms with Crippen LogP contribution in [-0.2, 0) is 0 Å². The van der Waals surface area contributed by atoms with E-state index in [-0.39, 0.29) is 6.04 Å². The second-order valence-corrected chi connectivity index (χ2v) is 13.7. The van der Waals surface area contributed by atoms with Crippen molar-refractivity contribution in [2.24, 2.45) is 5.73 Å². The van der Waals surface area contributed by atoms with Gasteiger partial charge in [-0.25, -0.2) is 0 Å². The third-order valence-electron chi connectivity index (χ3n) is 10.4. The maximum atomic E-state index is 9.27. The van der Waals surface area contributed by atoms with Crippen molar-refractivity contribution >= 4 is 66.5 Å². The molecule has 0 saturated heterocycles. The summed E-state index contributed by atoms with van der Waals surface area (Å²) < 4.78 is 2.28. The Hall–Kier alpha value is -7.52. The van der Waals surface area contributed by atoms with Crippen molar-refractivity contribution in [1.82, 2.24) is 4.57 Å². The minimum Gasteiger partial charge on any atom is -0.399 e. The molecule has 0 fully saturated rings. The van der Waals surface area contributed by atoms with Crippen LogP contribution in [0.2, 0.25) is 0 Å². The third-order valence-corrected chi connectivity index (χ3v) is 10.4. The summed E-state index contributed by atoms with van der Waals surface area (Å²) >= 11 is 0. The standard InChI is InChI=1S/C25H17N3.C25H19N.CH3N/c26-16-17-12-19(14-20(27)13-17)18-6-5-7-21(15-18)28-24-10-3-1-8-22(24)23-9-2-4-11-25(23)28;26-25(17-8-2-1-3-9-17)18-14-15-23-21-12-5-4-10-19(21)20-11-6-7-13-22(20)24(23)16-18;1-2/h1-15H,27H2;1-16,25H,26H2;2H,1H2. The molecule has 0 aliphatic rings. The number of fused-ring (bicyclic) bond motifs is 9. The van der Waals surface area contributed by atoms with E-state index < -0.39 is 0 Å². The molecule has 1 aromatic heterocycles. The van der Waals surface area contributed by atoms with E-state index >= 15 is 0 Å². The first-order chi connectivity index (χ1) is 27.6. The summed E-state index contributed by atoms with van der Waals surface area (Å²) in [7, 11) is 0. The number of anilines is 1. The lowest BCUT2D eigenvalue weighted by atomic mass is 9.91. The number of nitrogens with zero attached hydrogens (tertiary/aromatic N) is 2. The smallest absolute Gasteiger partial charge is 0.0992 e. The fourth-order valence-corrected chi connectivity index (χ4v) is 7.88. The van der Waals surface area contributed by atoms with Gasteiger partial charge in [0.1, 0.15) is 0 Å². The molecule has 1 atom stereocenters. The van der Waals surface area contributed by atoms with Crippen molar-refractivity contribution in [1.29, 1.82) is 10.7 Å². The lowest BCUT2D eigenvalue weighted by molar-refractivity contribution is 0.874. The Morgan fingerprint density at radius 1 is 0.464 bits per heavy atom. The molecule has 0 aliphatic carbocycles. The highest BCUT2D eigenvalue weighted by Crippen LogP contribution is 2.37. The predicted molar refractivity (Wildman–Crippen MR) is 237 cm³/mol. The van der Waals surface area contributed by atoms with Gasteiger partial charge >= 0.3 is 0 Å². The molecule has 0 amide bonds. The Labute approximate surface area is 325 Å². The Morgan fingerprint density at radius 2 is 0.982 bits per heavy atom. The topological polar surface area (TPSA) is 105 Å². The van der Waals surface area contributed by atoms with Crippen LogP contribution < -0.4 is 11.5 Å². The number of hydrogen-bond donors (Lipinski definition) is 3. The van der Waals surface area contributed by atoms with E-state index in [1.807, 2.05) is 42.5 Å². The minimum atomic E-state index is -0.120. The Morgan fingerprint density at radius 3 is 1.57 bits per heavy atom. The molecule has 268 valence electrons. The summed E-state index contributed by atoms with van der Waals surface area (Å²) in [5, 5.41) is 25.0. The molecule has 1 unspecified atom stereocenters. The number of nitrogen functional groups attached to an aromatic ring is 1. The van der Waals surface area contributed by atoms with Crippen LogP contribution in [0.5, 0.6) is 0 Å². The van der Waals surface area contributed by atoms with Crippen LogP contribution in [-0.4, -0.2) is 11.3 Å². The van der Waals surface area contributed by atoms with E-state index in [9.17, 15) is 5.26 Å². The molecule has 0 aliphatic heterocycles. The summed E-state index contributed by atoms with van der Waals surface area (Å²) in [6.45, 7) is 2.50. The van der Waals surface area contributed by atoms with E-state index in [1.165, 1.54) is 54.1 Å². The zero-order chi connectivity index (χ0) is 38.6. The van der Waals surface area contributed by atoms with Crippen LogP contribution in [0, 0.1) is 16.7 Å². The first-order valence-electron chi connectivity index (χ1n) is 18.5. The zero-order valence-electron chi connectivity index (χ0n) is 30.7. The van der Waals surface area contributed by atoms with Crippen LogP contribution in [0.1, 0.15) is 22.7 Å². The van der Waals surface area contributed by atoms with Crippen LogP contribution in [0.4, 0.5) is 5.69 Å². The molecule has 0 spiro atoms. The molecule has 5 N–H and O–H groups in total. The fourth-order valence-electron chi connectivity index (χ4n) is 7.88. The number of aromatic nitrogens is 1. The summed E-state index contributed by atoms with van der Waals surface area (Å²) in [6.07, 6.45) is 0. The normalized spacial score (nSPS) is 11.4. The maximum absolute atomic E-state index is 9.27. The monoisotopic (exact) mass is 721 g/mol. The Kier molecular flexibility index (Phi) is 9.80. The van der Waals surface area contributed by atoms with Gasteiger partial charge in [0.15, 0.2) is 0 Å². The number of para-hydroxylation sites is 2. The van der Waals surface area contributed by atoms with Gasteiger partial charge in [0, 0.05) is 22.1 Å². The van der Waals surface area contributed by atoms with Crippen molar-refractivity contribution < 1.29 is 0 Å². The molecule has 5 nitrogen and oxygen atoms in total. The number of nitrogens with two attached hydrogens (primary N) is 2. The third kappa shape index (κ3) is 6.51. The number of rotatable bonds is 4. The molecule has 9 aromatic carbocycles. The van der Waals surface area contributed by atoms with Gasteiger partial charge in [0.2, 0.25) is 0 Å². The fraction of sp³-hybridized carbons (Fsp3) is 0.0196. The lowest BCUT2D eigenvalue weighted by Gasteiger charge is -2.16. The Bertz CT molecular complexity index is 2980. The molecule has 0 radical (unpaired) electrons. The highest BCUT2D eigenvalue weighted by atomic mass is 15.0. The molecule has 10 rings (SSSR count). The van der Waals surface area contributed by atoms with Crippen LogP contribution >= 0.6 is 0 Å². The quantitative estimate of drug-likeness (QED) is 0.0957. The highest BCUT2D eigenvalue weighted by molar-refractivity contribution is 6.25. The van der Waals surface area contributed by atoms with Crippen molar-refractivity contribution in [3.63, 3.8) is 0 Å². The van der Waals surface area contributed by atoms with Crippen molar-refractivity contribution in [2.75, 3.05) is 5.73 Å². The number of benzene rings is 9. The average Bonchev–Trinajstić information content (AvgIpc) is 3.61. The van der Waals surface area contributed by atoms with E-state index in [2.05, 4.69) is 157 Å². The highest BCUT2D eigenvalue weighted by Gasteiger charge is 2.14. The second-order valence-electron chi connectivity index (χ2n) is 13.7. The number of nitrogens with one attached hydrogen (secondary N) is 1. The van der Waals surface area contributed by atoms with Crippen molar-refractivity contribution in [3.8, 4) is 22.9 Å². The molecule has 5 heteroatoms. The van der Waals surface area contributed by atoms with Gasteiger partial charge in [-0.15, -0.1) is 0 Å². The molecular weight excluding hydrogens is 683 g/mol. The van der Waals surface area contributed by atoms with Gasteiger partial charge in [-0.05, 0) is 110 Å². The molecule has 56 heavy (non-hydrogen) atoms. The lowest BCUT2D eigenvalue weighted by Crippen LogP contribution is -2.11. The van der Waals surface area contributed by atoms with Gasteiger partial charge in [0.25, 0.3) is 0 Å². The van der Waals surface area contributed by atoms with Gasteiger partial charge in [-0.3, -0.25) is 0 Å². The average molecular weight is 722 g/mol. The maximum Gasteiger partial charge on any atom is 0.0992 e. The molecule has 1 heterocycles. The zero-order valence-corrected chi connectivity index (χ0v) is 30.7. The second kappa shape index (κ2) is 15.5. The van der Waals surface area contributed by atoms with E-state index in [4.69, 9.17) is 16.9 Å². The summed E-state index contributed by atoms with van der Waals surface area (Å²) in [4.78, 5) is 0. The van der Waals surface area contributed by atoms with Crippen LogP contribution in [0.25, 0.3) is 70.9 Å². The largest absolute Gasteiger partial charge is 0.399 e. The van der Waals surface area contributed by atoms with Crippen molar-refractivity contribution in [3.05, 3.63) is 205 Å². The molecular formula is C51H39N5. The SMILES string of the molecule is C=N.N#Cc1cc(N)cc(-c2cccc(-n3c4ccccc4c4ccccc43)c2)c1.NC(c1ccccc1)c1ccc2c3ccccc3c3ccccc3c2c1. The summed E-state index contributed by atoms with van der Waals surface area (Å²) in [5.41, 5.74) is 21.4. The number of hydrogen-bond acceptors (Lipinski definition) is 4. The van der Waals surface area contributed by atoms with E-state index in [1.54, 1.807) is 6.07 Å². The molecule has 0 bridgehead atoms. The first kappa shape index (κ1) is 35.5. The van der Waals surface area contributed by atoms with Crippen molar-refractivity contribution in [2.45, 2.75) is 6.04 Å². The van der Waals surface area contributed by atoms with Gasteiger partial charge in [-0.1, -0.05) is 140 Å². The van der Waals surface area contributed by atoms with Gasteiger partial charge < -0.3 is 21.4 Å². The predicted octanol–water partition coefficient (Wildman–Crippen LogP) is 12.4. The Balaban J connectivity index is 0.000000151.